The molecule has 4 rings (SSSR count). The molecular formula is C18H18ClN3O2S. The summed E-state index contributed by atoms with van der Waals surface area (Å²) in [7, 11) is 0. The molecular weight excluding hydrogens is 358 g/mol. The highest BCUT2D eigenvalue weighted by Gasteiger charge is 2.49. The lowest BCUT2D eigenvalue weighted by Gasteiger charge is -2.24. The predicted molar refractivity (Wildman–Crippen MR) is 97.8 cm³/mol. The number of thiazole rings is 1. The number of nitrogens with one attached hydrogen (secondary N) is 1. The molecule has 25 heavy (non-hydrogen) atoms. The Morgan fingerprint density at radius 1 is 1.32 bits per heavy atom. The number of benzene rings is 1. The van der Waals surface area contributed by atoms with Crippen molar-refractivity contribution >= 4 is 39.9 Å². The van der Waals surface area contributed by atoms with Gasteiger partial charge in [0, 0.05) is 29.1 Å². The van der Waals surface area contributed by atoms with Crippen molar-refractivity contribution in [2.75, 3.05) is 11.9 Å². The van der Waals surface area contributed by atoms with Crippen LogP contribution in [0.3, 0.4) is 0 Å². The number of carbonyl (C=O) groups is 2. The van der Waals surface area contributed by atoms with Crippen LogP contribution in [0.5, 0.6) is 0 Å². The van der Waals surface area contributed by atoms with Crippen molar-refractivity contribution in [3.63, 3.8) is 0 Å². The van der Waals surface area contributed by atoms with E-state index in [1.807, 2.05) is 29.6 Å². The predicted octanol–water partition coefficient (Wildman–Crippen LogP) is 3.53. The highest BCUT2D eigenvalue weighted by Crippen LogP contribution is 2.51. The van der Waals surface area contributed by atoms with Crippen molar-refractivity contribution < 1.29 is 9.59 Å². The van der Waals surface area contributed by atoms with E-state index < -0.39 is 6.04 Å². The summed E-state index contributed by atoms with van der Waals surface area (Å²) >= 11 is 7.63. The Hall–Kier alpha value is -1.92. The monoisotopic (exact) mass is 375 g/mol. The molecule has 2 heterocycles. The van der Waals surface area contributed by atoms with Gasteiger partial charge in [-0.15, -0.1) is 11.3 Å². The first kappa shape index (κ1) is 16.5. The van der Waals surface area contributed by atoms with Crippen molar-refractivity contribution in [1.29, 1.82) is 0 Å². The summed E-state index contributed by atoms with van der Waals surface area (Å²) in [5.41, 5.74) is 1.03. The van der Waals surface area contributed by atoms with Crippen LogP contribution in [0.2, 0.25) is 5.02 Å². The average Bonchev–Trinajstić information content (AvgIpc) is 2.99. The van der Waals surface area contributed by atoms with Gasteiger partial charge in [-0.05, 0) is 36.8 Å². The van der Waals surface area contributed by atoms with Gasteiger partial charge in [-0.1, -0.05) is 29.8 Å². The van der Waals surface area contributed by atoms with Crippen LogP contribution in [0.4, 0.5) is 5.13 Å². The number of hydrogen-bond donors (Lipinski definition) is 1. The maximum Gasteiger partial charge on any atom is 0.248 e. The van der Waals surface area contributed by atoms with E-state index in [-0.39, 0.29) is 23.7 Å². The highest BCUT2D eigenvalue weighted by molar-refractivity contribution is 7.13. The molecule has 1 saturated carbocycles. The van der Waals surface area contributed by atoms with Crippen LogP contribution >= 0.6 is 22.9 Å². The minimum Gasteiger partial charge on any atom is -0.330 e. The van der Waals surface area contributed by atoms with E-state index >= 15 is 0 Å². The smallest absolute Gasteiger partial charge is 0.248 e. The lowest BCUT2D eigenvalue weighted by Crippen LogP contribution is -2.44. The Bertz CT molecular complexity index is 795. The van der Waals surface area contributed by atoms with Crippen molar-refractivity contribution in [3.8, 4) is 0 Å². The summed E-state index contributed by atoms with van der Waals surface area (Å²) in [5, 5.41) is 5.91. The van der Waals surface area contributed by atoms with Crippen LogP contribution in [0, 0.1) is 5.92 Å². The van der Waals surface area contributed by atoms with Gasteiger partial charge in [-0.25, -0.2) is 4.98 Å². The molecule has 130 valence electrons. The first-order chi connectivity index (χ1) is 12.1. The van der Waals surface area contributed by atoms with E-state index in [0.29, 0.717) is 23.1 Å². The molecule has 5 nitrogen and oxygen atoms in total. The lowest BCUT2D eigenvalue weighted by atomic mass is 10.1. The molecule has 0 spiro atoms. The maximum atomic E-state index is 12.9. The third-order valence-corrected chi connectivity index (χ3v) is 5.95. The third-order valence-electron chi connectivity index (χ3n) is 4.91. The van der Waals surface area contributed by atoms with Crippen molar-refractivity contribution in [2.45, 2.75) is 31.2 Å². The van der Waals surface area contributed by atoms with E-state index in [1.165, 1.54) is 11.3 Å². The third kappa shape index (κ3) is 3.28. The maximum absolute atomic E-state index is 12.9. The molecule has 7 heteroatoms. The molecule has 2 amide bonds. The SMILES string of the molecule is O=C(Nc1nccs1)[C@@H]1CCCN1C(=O)[C@@H]1C[C@@H]1c1ccccc1Cl. The molecule has 1 aromatic heterocycles. The lowest BCUT2D eigenvalue weighted by molar-refractivity contribution is -0.137. The molecule has 2 aromatic rings. The average molecular weight is 376 g/mol. The second-order valence-corrected chi connectivity index (χ2v) is 7.79. The second kappa shape index (κ2) is 6.77. The van der Waals surface area contributed by atoms with E-state index in [1.54, 1.807) is 11.1 Å². The molecule has 0 radical (unpaired) electrons. The summed E-state index contributed by atoms with van der Waals surface area (Å²) in [6.07, 6.45) is 4.01. The van der Waals surface area contributed by atoms with E-state index in [2.05, 4.69) is 10.3 Å². The molecule has 2 aliphatic rings. The number of rotatable bonds is 4. The number of halogens is 1. The van der Waals surface area contributed by atoms with Gasteiger partial charge >= 0.3 is 0 Å². The fourth-order valence-corrected chi connectivity index (χ4v) is 4.39. The molecule has 1 aromatic carbocycles. The number of nitrogens with zero attached hydrogens (tertiary/aromatic N) is 2. The van der Waals surface area contributed by atoms with E-state index in [0.717, 1.165) is 18.4 Å². The zero-order valence-corrected chi connectivity index (χ0v) is 15.1. The summed E-state index contributed by atoms with van der Waals surface area (Å²) in [6, 6.07) is 7.28. The molecule has 1 N–H and O–H groups in total. The van der Waals surface area contributed by atoms with Gasteiger partial charge in [-0.2, -0.15) is 0 Å². The quantitative estimate of drug-likeness (QED) is 0.889. The fourth-order valence-electron chi connectivity index (χ4n) is 3.58. The van der Waals surface area contributed by atoms with Gasteiger partial charge in [0.25, 0.3) is 0 Å². The highest BCUT2D eigenvalue weighted by atomic mass is 35.5. The number of amides is 2. The van der Waals surface area contributed by atoms with Crippen LogP contribution in [-0.2, 0) is 9.59 Å². The summed E-state index contributed by atoms with van der Waals surface area (Å²) in [4.78, 5) is 31.2. The van der Waals surface area contributed by atoms with Crippen LogP contribution in [0.15, 0.2) is 35.8 Å². The number of likely N-dealkylation sites (tertiary alicyclic amines) is 1. The minimum absolute atomic E-state index is 0.0619. The van der Waals surface area contributed by atoms with E-state index in [4.69, 9.17) is 11.6 Å². The van der Waals surface area contributed by atoms with Crippen LogP contribution in [0.25, 0.3) is 0 Å². The van der Waals surface area contributed by atoms with Gasteiger partial charge in [0.1, 0.15) is 6.04 Å². The molecule has 1 aliphatic heterocycles. The number of hydrogen-bond acceptors (Lipinski definition) is 4. The normalized spacial score (nSPS) is 25.0. The van der Waals surface area contributed by atoms with E-state index in [9.17, 15) is 9.59 Å². The molecule has 3 atom stereocenters. The molecule has 2 fully saturated rings. The Labute approximate surface area is 155 Å². The number of anilines is 1. The molecule has 0 bridgehead atoms. The molecule has 1 aliphatic carbocycles. The number of aromatic nitrogens is 1. The minimum atomic E-state index is -0.399. The summed E-state index contributed by atoms with van der Waals surface area (Å²) in [5.74, 6) is 0.0371. The van der Waals surface area contributed by atoms with Gasteiger partial charge < -0.3 is 10.2 Å². The first-order valence-electron chi connectivity index (χ1n) is 8.40. The van der Waals surface area contributed by atoms with Crippen LogP contribution in [-0.4, -0.2) is 34.3 Å². The standard InChI is InChI=1S/C18H18ClN3O2S/c19-14-5-2-1-4-11(14)12-10-13(12)17(24)22-8-3-6-15(22)16(23)21-18-20-7-9-25-18/h1-2,4-5,7,9,12-13,15H,3,6,8,10H2,(H,20,21,23)/t12-,13-,15+/m1/s1. The van der Waals surface area contributed by atoms with Crippen LogP contribution in [0.1, 0.15) is 30.7 Å². The van der Waals surface area contributed by atoms with Crippen molar-refractivity contribution in [2.24, 2.45) is 5.92 Å². The van der Waals surface area contributed by atoms with Gasteiger partial charge in [0.05, 0.1) is 0 Å². The van der Waals surface area contributed by atoms with Gasteiger partial charge in [0.15, 0.2) is 5.13 Å². The molecule has 0 unspecified atom stereocenters. The van der Waals surface area contributed by atoms with Gasteiger partial charge in [-0.3, -0.25) is 9.59 Å². The molecule has 1 saturated heterocycles. The largest absolute Gasteiger partial charge is 0.330 e. The Morgan fingerprint density at radius 2 is 2.16 bits per heavy atom. The Morgan fingerprint density at radius 3 is 2.92 bits per heavy atom. The zero-order chi connectivity index (χ0) is 17.4. The fraction of sp³-hybridized carbons (Fsp3) is 0.389. The number of carbonyl (C=O) groups excluding carboxylic acids is 2. The van der Waals surface area contributed by atoms with Crippen molar-refractivity contribution in [3.05, 3.63) is 46.4 Å². The topological polar surface area (TPSA) is 62.3 Å². The Kier molecular flexibility index (Phi) is 4.48. The zero-order valence-electron chi connectivity index (χ0n) is 13.5. The second-order valence-electron chi connectivity index (χ2n) is 6.49. The Balaban J connectivity index is 1.43. The van der Waals surface area contributed by atoms with Gasteiger partial charge in [0.2, 0.25) is 11.8 Å². The first-order valence-corrected chi connectivity index (χ1v) is 9.66. The van der Waals surface area contributed by atoms with Crippen molar-refractivity contribution in [1.82, 2.24) is 9.88 Å². The summed E-state index contributed by atoms with van der Waals surface area (Å²) in [6.45, 7) is 0.639. The van der Waals surface area contributed by atoms with Crippen LogP contribution < -0.4 is 5.32 Å². The summed E-state index contributed by atoms with van der Waals surface area (Å²) < 4.78 is 0.